The largest absolute Gasteiger partial charge is 0.494 e. The number of ether oxygens (including phenoxy) is 3. The van der Waals surface area contributed by atoms with Gasteiger partial charge in [0.1, 0.15) is 5.75 Å². The molecule has 0 amide bonds. The molecule has 3 aromatic carbocycles. The van der Waals surface area contributed by atoms with Gasteiger partial charge >= 0.3 is 0 Å². The summed E-state index contributed by atoms with van der Waals surface area (Å²) in [5.41, 5.74) is 3.74. The standard InChI is InChI=1S/C28H32INO3/c29-25-11-7-23(8-12-25)21-33-28-19-30-16-15-27(28)24-9-13-26(14-10-24)32-18-4-17-31-20-22-5-2-1-3-6-22/h1-3,5-14,27-28,30H,4,15-21H2. The lowest BCUT2D eigenvalue weighted by Gasteiger charge is -2.32. The van der Waals surface area contributed by atoms with Gasteiger partial charge in [-0.05, 0) is 76.5 Å². The Labute approximate surface area is 210 Å². The Balaban J connectivity index is 1.20. The van der Waals surface area contributed by atoms with Crippen LogP contribution < -0.4 is 10.1 Å². The number of hydrogen-bond donors (Lipinski definition) is 1. The monoisotopic (exact) mass is 557 g/mol. The molecule has 1 N–H and O–H groups in total. The maximum absolute atomic E-state index is 6.33. The fourth-order valence-corrected chi connectivity index (χ4v) is 4.46. The molecule has 2 atom stereocenters. The van der Waals surface area contributed by atoms with E-state index in [1.54, 1.807) is 0 Å². The molecule has 0 spiro atoms. The van der Waals surface area contributed by atoms with E-state index in [1.165, 1.54) is 20.3 Å². The van der Waals surface area contributed by atoms with Crippen LogP contribution in [0.5, 0.6) is 5.75 Å². The third-order valence-corrected chi connectivity index (χ3v) is 6.64. The molecule has 1 aliphatic heterocycles. The molecule has 2 unspecified atom stereocenters. The maximum Gasteiger partial charge on any atom is 0.119 e. The molecule has 0 saturated carbocycles. The van der Waals surface area contributed by atoms with Crippen LogP contribution >= 0.6 is 22.6 Å². The molecule has 1 fully saturated rings. The summed E-state index contributed by atoms with van der Waals surface area (Å²) in [7, 11) is 0. The molecular formula is C28H32INO3. The van der Waals surface area contributed by atoms with Crippen molar-refractivity contribution in [2.24, 2.45) is 0 Å². The maximum atomic E-state index is 6.33. The lowest BCUT2D eigenvalue weighted by atomic mass is 9.87. The highest BCUT2D eigenvalue weighted by Crippen LogP contribution is 2.29. The molecule has 0 bridgehead atoms. The Kier molecular flexibility index (Phi) is 9.60. The van der Waals surface area contributed by atoms with E-state index in [1.807, 2.05) is 18.2 Å². The first-order valence-corrected chi connectivity index (χ1v) is 12.8. The third kappa shape index (κ3) is 7.81. The fourth-order valence-electron chi connectivity index (χ4n) is 4.10. The quantitative estimate of drug-likeness (QED) is 0.234. The molecule has 0 aliphatic carbocycles. The molecule has 3 aromatic rings. The van der Waals surface area contributed by atoms with Crippen molar-refractivity contribution in [2.75, 3.05) is 26.3 Å². The SMILES string of the molecule is Ic1ccc(COC2CNCCC2c2ccc(OCCCOCc3ccccc3)cc2)cc1. The van der Waals surface area contributed by atoms with Crippen LogP contribution in [0, 0.1) is 3.57 Å². The molecular weight excluding hydrogens is 525 g/mol. The van der Waals surface area contributed by atoms with Gasteiger partial charge in [-0.25, -0.2) is 0 Å². The highest BCUT2D eigenvalue weighted by atomic mass is 127. The van der Waals surface area contributed by atoms with E-state index in [4.69, 9.17) is 14.2 Å². The van der Waals surface area contributed by atoms with E-state index in [0.717, 1.165) is 31.7 Å². The molecule has 174 valence electrons. The first kappa shape index (κ1) is 24.2. The Bertz CT molecular complexity index is 947. The summed E-state index contributed by atoms with van der Waals surface area (Å²) >= 11 is 2.33. The first-order valence-electron chi connectivity index (χ1n) is 11.7. The highest BCUT2D eigenvalue weighted by molar-refractivity contribution is 14.1. The number of benzene rings is 3. The Hall–Kier alpha value is -1.93. The molecule has 1 saturated heterocycles. The predicted molar refractivity (Wildman–Crippen MR) is 141 cm³/mol. The van der Waals surface area contributed by atoms with Crippen LogP contribution in [0.4, 0.5) is 0 Å². The van der Waals surface area contributed by atoms with Crippen LogP contribution in [0.25, 0.3) is 0 Å². The highest BCUT2D eigenvalue weighted by Gasteiger charge is 2.27. The van der Waals surface area contributed by atoms with Crippen LogP contribution in [-0.4, -0.2) is 32.4 Å². The summed E-state index contributed by atoms with van der Waals surface area (Å²) in [6.45, 7) is 4.56. The summed E-state index contributed by atoms with van der Waals surface area (Å²) in [6.07, 6.45) is 2.12. The van der Waals surface area contributed by atoms with E-state index < -0.39 is 0 Å². The number of piperidine rings is 1. The minimum Gasteiger partial charge on any atom is -0.494 e. The summed E-state index contributed by atoms with van der Waals surface area (Å²) in [4.78, 5) is 0. The first-order chi connectivity index (χ1) is 16.3. The molecule has 0 radical (unpaired) electrons. The second kappa shape index (κ2) is 13.1. The normalized spacial score (nSPS) is 18.2. The third-order valence-electron chi connectivity index (χ3n) is 5.93. The van der Waals surface area contributed by atoms with E-state index in [0.29, 0.717) is 32.3 Å². The van der Waals surface area contributed by atoms with Gasteiger partial charge in [-0.3, -0.25) is 0 Å². The number of hydrogen-bond acceptors (Lipinski definition) is 4. The van der Waals surface area contributed by atoms with Crippen molar-refractivity contribution in [3.63, 3.8) is 0 Å². The van der Waals surface area contributed by atoms with Gasteiger partial charge in [0.05, 0.1) is 32.5 Å². The van der Waals surface area contributed by atoms with E-state index >= 15 is 0 Å². The van der Waals surface area contributed by atoms with Crippen LogP contribution in [0.3, 0.4) is 0 Å². The summed E-state index contributed by atoms with van der Waals surface area (Å²) in [5.74, 6) is 1.31. The van der Waals surface area contributed by atoms with Crippen molar-refractivity contribution in [2.45, 2.75) is 38.1 Å². The number of rotatable bonds is 11. The Morgan fingerprint density at radius 1 is 0.818 bits per heavy atom. The zero-order valence-electron chi connectivity index (χ0n) is 18.9. The molecule has 1 aliphatic rings. The molecule has 5 heteroatoms. The average Bonchev–Trinajstić information content (AvgIpc) is 2.87. The summed E-state index contributed by atoms with van der Waals surface area (Å²) < 4.78 is 19.2. The van der Waals surface area contributed by atoms with Crippen LogP contribution in [0.1, 0.15) is 35.4 Å². The van der Waals surface area contributed by atoms with E-state index in [9.17, 15) is 0 Å². The van der Waals surface area contributed by atoms with Crippen LogP contribution in [0.15, 0.2) is 78.9 Å². The van der Waals surface area contributed by atoms with Crippen LogP contribution in [-0.2, 0) is 22.7 Å². The van der Waals surface area contributed by atoms with Gasteiger partial charge in [-0.1, -0.05) is 54.6 Å². The van der Waals surface area contributed by atoms with E-state index in [-0.39, 0.29) is 6.10 Å². The molecule has 4 nitrogen and oxygen atoms in total. The van der Waals surface area contributed by atoms with Crippen molar-refractivity contribution in [1.29, 1.82) is 0 Å². The number of halogens is 1. The average molecular weight is 557 g/mol. The van der Waals surface area contributed by atoms with Gasteiger partial charge in [-0.2, -0.15) is 0 Å². The minimum atomic E-state index is 0.173. The second-order valence-electron chi connectivity index (χ2n) is 8.38. The van der Waals surface area contributed by atoms with Gasteiger partial charge in [0.25, 0.3) is 0 Å². The van der Waals surface area contributed by atoms with Gasteiger partial charge in [0.15, 0.2) is 0 Å². The van der Waals surface area contributed by atoms with Gasteiger partial charge in [0, 0.05) is 22.5 Å². The zero-order chi connectivity index (χ0) is 22.7. The lowest BCUT2D eigenvalue weighted by Crippen LogP contribution is -2.40. The van der Waals surface area contributed by atoms with Crippen LogP contribution in [0.2, 0.25) is 0 Å². The molecule has 1 heterocycles. The zero-order valence-corrected chi connectivity index (χ0v) is 21.1. The Morgan fingerprint density at radius 2 is 1.58 bits per heavy atom. The minimum absolute atomic E-state index is 0.173. The van der Waals surface area contributed by atoms with Gasteiger partial charge < -0.3 is 19.5 Å². The molecule has 0 aromatic heterocycles. The predicted octanol–water partition coefficient (Wildman–Crippen LogP) is 5.94. The summed E-state index contributed by atoms with van der Waals surface area (Å²) in [5, 5.41) is 3.48. The molecule has 4 rings (SSSR count). The lowest BCUT2D eigenvalue weighted by molar-refractivity contribution is 0.0106. The fraction of sp³-hybridized carbons (Fsp3) is 0.357. The number of nitrogens with one attached hydrogen (secondary N) is 1. The van der Waals surface area contributed by atoms with Crippen molar-refractivity contribution in [1.82, 2.24) is 5.32 Å². The van der Waals surface area contributed by atoms with Crippen molar-refractivity contribution in [3.05, 3.63) is 99.1 Å². The van der Waals surface area contributed by atoms with Crippen molar-refractivity contribution in [3.8, 4) is 5.75 Å². The van der Waals surface area contributed by atoms with Crippen molar-refractivity contribution >= 4 is 22.6 Å². The van der Waals surface area contributed by atoms with E-state index in [2.05, 4.69) is 88.6 Å². The topological polar surface area (TPSA) is 39.7 Å². The Morgan fingerprint density at radius 3 is 2.36 bits per heavy atom. The van der Waals surface area contributed by atoms with Gasteiger partial charge in [-0.15, -0.1) is 0 Å². The summed E-state index contributed by atoms with van der Waals surface area (Å²) in [6, 6.07) is 27.4. The second-order valence-corrected chi connectivity index (χ2v) is 9.63. The molecule has 33 heavy (non-hydrogen) atoms. The smallest absolute Gasteiger partial charge is 0.119 e. The van der Waals surface area contributed by atoms with Gasteiger partial charge in [0.2, 0.25) is 0 Å². The van der Waals surface area contributed by atoms with Crippen molar-refractivity contribution < 1.29 is 14.2 Å².